The van der Waals surface area contributed by atoms with E-state index >= 15 is 0 Å². The van der Waals surface area contributed by atoms with E-state index in [1.165, 1.54) is 4.88 Å². The van der Waals surface area contributed by atoms with Gasteiger partial charge in [0.2, 0.25) is 0 Å². The van der Waals surface area contributed by atoms with Crippen LogP contribution in [-0.2, 0) is 13.0 Å². The van der Waals surface area contributed by atoms with Crippen LogP contribution in [0.2, 0.25) is 5.15 Å². The summed E-state index contributed by atoms with van der Waals surface area (Å²) in [6.07, 6.45) is 1.86. The molecule has 0 unspecified atom stereocenters. The molecular weight excluding hydrogens is 280 g/mol. The average molecular weight is 297 g/mol. The van der Waals surface area contributed by atoms with Crippen LogP contribution < -0.4 is 4.90 Å². The van der Waals surface area contributed by atoms with E-state index in [1.54, 1.807) is 17.4 Å². The molecule has 0 saturated carbocycles. The maximum Gasteiger partial charge on any atom is 0.134 e. The van der Waals surface area contributed by atoms with Gasteiger partial charge in [0.15, 0.2) is 0 Å². The van der Waals surface area contributed by atoms with Gasteiger partial charge >= 0.3 is 0 Å². The lowest BCUT2D eigenvalue weighted by Crippen LogP contribution is -2.18. The molecule has 0 N–H and O–H groups in total. The van der Waals surface area contributed by atoms with Gasteiger partial charge in [0, 0.05) is 24.4 Å². The van der Waals surface area contributed by atoms with Crippen molar-refractivity contribution in [2.24, 2.45) is 0 Å². The van der Waals surface area contributed by atoms with Crippen LogP contribution >= 0.6 is 22.9 Å². The minimum absolute atomic E-state index is 0.501. The van der Waals surface area contributed by atoms with Gasteiger partial charge in [-0.1, -0.05) is 18.5 Å². The molecule has 0 aliphatic rings. The second-order valence-electron chi connectivity index (χ2n) is 4.43. The van der Waals surface area contributed by atoms with E-state index in [0.717, 1.165) is 36.7 Å². The SMILES string of the molecule is CCCc1nc(Cl)cc(N(C)Cc2scnc2C)n1. The fourth-order valence-corrected chi connectivity index (χ4v) is 2.78. The first-order chi connectivity index (χ1) is 9.10. The smallest absolute Gasteiger partial charge is 0.134 e. The highest BCUT2D eigenvalue weighted by Gasteiger charge is 2.10. The summed E-state index contributed by atoms with van der Waals surface area (Å²) < 4.78 is 0. The fourth-order valence-electron chi connectivity index (χ4n) is 1.76. The molecule has 2 rings (SSSR count). The molecular formula is C13H17ClN4S. The molecule has 0 bridgehead atoms. The number of hydrogen-bond donors (Lipinski definition) is 0. The van der Waals surface area contributed by atoms with E-state index < -0.39 is 0 Å². The predicted octanol–water partition coefficient (Wildman–Crippen LogP) is 3.48. The zero-order valence-corrected chi connectivity index (χ0v) is 12.9. The van der Waals surface area contributed by atoms with Gasteiger partial charge in [-0.25, -0.2) is 15.0 Å². The van der Waals surface area contributed by atoms with Crippen molar-refractivity contribution < 1.29 is 0 Å². The second kappa shape index (κ2) is 6.30. The zero-order valence-electron chi connectivity index (χ0n) is 11.4. The number of anilines is 1. The Morgan fingerprint density at radius 1 is 1.37 bits per heavy atom. The quantitative estimate of drug-likeness (QED) is 0.792. The van der Waals surface area contributed by atoms with Crippen molar-refractivity contribution in [3.05, 3.63) is 33.1 Å². The molecule has 0 aromatic carbocycles. The van der Waals surface area contributed by atoms with E-state index in [-0.39, 0.29) is 0 Å². The molecule has 0 atom stereocenters. The molecule has 2 aromatic heterocycles. The van der Waals surface area contributed by atoms with Crippen LogP contribution in [0.25, 0.3) is 0 Å². The van der Waals surface area contributed by atoms with E-state index in [0.29, 0.717) is 5.15 Å². The van der Waals surface area contributed by atoms with Gasteiger partial charge in [0.05, 0.1) is 17.7 Å². The lowest BCUT2D eigenvalue weighted by Gasteiger charge is -2.18. The van der Waals surface area contributed by atoms with E-state index in [9.17, 15) is 0 Å². The van der Waals surface area contributed by atoms with Crippen molar-refractivity contribution in [3.63, 3.8) is 0 Å². The van der Waals surface area contributed by atoms with Crippen LogP contribution in [0, 0.1) is 6.92 Å². The highest BCUT2D eigenvalue weighted by atomic mass is 35.5. The maximum absolute atomic E-state index is 6.06. The van der Waals surface area contributed by atoms with Crippen molar-refractivity contribution in [2.75, 3.05) is 11.9 Å². The fraction of sp³-hybridized carbons (Fsp3) is 0.462. The molecule has 0 radical (unpaired) electrons. The largest absolute Gasteiger partial charge is 0.354 e. The molecule has 4 nitrogen and oxygen atoms in total. The van der Waals surface area contributed by atoms with Crippen LogP contribution in [0.4, 0.5) is 5.82 Å². The molecule has 2 aromatic rings. The first-order valence-electron chi connectivity index (χ1n) is 6.23. The van der Waals surface area contributed by atoms with Gasteiger partial charge < -0.3 is 4.90 Å². The number of aromatic nitrogens is 3. The summed E-state index contributed by atoms with van der Waals surface area (Å²) in [5, 5.41) is 0.501. The van der Waals surface area contributed by atoms with Crippen LogP contribution in [0.15, 0.2) is 11.6 Å². The normalized spacial score (nSPS) is 10.7. The number of halogens is 1. The maximum atomic E-state index is 6.06. The Kier molecular flexibility index (Phi) is 4.71. The minimum Gasteiger partial charge on any atom is -0.354 e. The van der Waals surface area contributed by atoms with Crippen molar-refractivity contribution >= 4 is 28.8 Å². The Bertz CT molecular complexity index is 555. The first-order valence-corrected chi connectivity index (χ1v) is 7.49. The molecule has 0 fully saturated rings. The first kappa shape index (κ1) is 14.2. The second-order valence-corrected chi connectivity index (χ2v) is 5.76. The minimum atomic E-state index is 0.501. The Morgan fingerprint density at radius 3 is 2.79 bits per heavy atom. The van der Waals surface area contributed by atoms with Crippen LogP contribution in [0.5, 0.6) is 0 Å². The van der Waals surface area contributed by atoms with E-state index in [2.05, 4.69) is 26.8 Å². The number of hydrogen-bond acceptors (Lipinski definition) is 5. The summed E-state index contributed by atoms with van der Waals surface area (Å²) in [4.78, 5) is 16.4. The number of aryl methyl sites for hydroxylation is 2. The third kappa shape index (κ3) is 3.64. The van der Waals surface area contributed by atoms with Gasteiger partial charge in [0.25, 0.3) is 0 Å². The van der Waals surface area contributed by atoms with Gasteiger partial charge in [-0.15, -0.1) is 11.3 Å². The number of thiazole rings is 1. The van der Waals surface area contributed by atoms with Crippen LogP contribution in [-0.4, -0.2) is 22.0 Å². The Morgan fingerprint density at radius 2 is 2.16 bits per heavy atom. The molecule has 6 heteroatoms. The van der Waals surface area contributed by atoms with Gasteiger partial charge in [-0.05, 0) is 13.3 Å². The summed E-state index contributed by atoms with van der Waals surface area (Å²) in [5.74, 6) is 1.66. The standard InChI is InChI=1S/C13H17ClN4S/c1-4-5-12-16-11(14)6-13(17-12)18(3)7-10-9(2)15-8-19-10/h6,8H,4-5,7H2,1-3H3. The van der Waals surface area contributed by atoms with Crippen molar-refractivity contribution in [2.45, 2.75) is 33.2 Å². The van der Waals surface area contributed by atoms with Gasteiger partial charge in [0.1, 0.15) is 16.8 Å². The molecule has 102 valence electrons. The Balaban J connectivity index is 2.18. The van der Waals surface area contributed by atoms with Crippen LogP contribution in [0.1, 0.15) is 29.7 Å². The molecule has 0 aliphatic heterocycles. The average Bonchev–Trinajstić information content (AvgIpc) is 2.75. The molecule has 0 aliphatic carbocycles. The zero-order chi connectivity index (χ0) is 13.8. The summed E-state index contributed by atoms with van der Waals surface area (Å²) >= 11 is 7.72. The van der Waals surface area contributed by atoms with E-state index in [4.69, 9.17) is 11.6 Å². The third-order valence-corrected chi connectivity index (χ3v) is 3.93. The lowest BCUT2D eigenvalue weighted by atomic mass is 10.3. The van der Waals surface area contributed by atoms with Gasteiger partial charge in [-0.2, -0.15) is 0 Å². The summed E-state index contributed by atoms with van der Waals surface area (Å²) in [5.41, 5.74) is 2.94. The van der Waals surface area contributed by atoms with Crippen molar-refractivity contribution in [1.82, 2.24) is 15.0 Å². The topological polar surface area (TPSA) is 41.9 Å². The summed E-state index contributed by atoms with van der Waals surface area (Å²) in [6.45, 7) is 4.92. The van der Waals surface area contributed by atoms with Crippen LogP contribution in [0.3, 0.4) is 0 Å². The van der Waals surface area contributed by atoms with Gasteiger partial charge in [-0.3, -0.25) is 0 Å². The third-order valence-electron chi connectivity index (χ3n) is 2.82. The predicted molar refractivity (Wildman–Crippen MR) is 80.0 cm³/mol. The number of rotatable bonds is 5. The summed E-state index contributed by atoms with van der Waals surface area (Å²) in [6, 6.07) is 1.80. The molecule has 0 spiro atoms. The monoisotopic (exact) mass is 296 g/mol. The number of nitrogens with zero attached hydrogens (tertiary/aromatic N) is 4. The summed E-state index contributed by atoms with van der Waals surface area (Å²) in [7, 11) is 2.01. The lowest BCUT2D eigenvalue weighted by molar-refractivity contribution is 0.813. The molecule has 0 saturated heterocycles. The Hall–Kier alpha value is -1.20. The molecule has 19 heavy (non-hydrogen) atoms. The van der Waals surface area contributed by atoms with Crippen molar-refractivity contribution in [1.29, 1.82) is 0 Å². The Labute approximate surface area is 122 Å². The molecule has 2 heterocycles. The highest BCUT2D eigenvalue weighted by molar-refractivity contribution is 7.09. The van der Waals surface area contributed by atoms with E-state index in [1.807, 2.05) is 19.5 Å². The molecule has 0 amide bonds. The van der Waals surface area contributed by atoms with Crippen molar-refractivity contribution in [3.8, 4) is 0 Å². The highest BCUT2D eigenvalue weighted by Crippen LogP contribution is 2.20.